The summed E-state index contributed by atoms with van der Waals surface area (Å²) in [4.78, 5) is 30.9. The molecule has 1 aliphatic heterocycles. The number of aromatic nitrogens is 2. The Labute approximate surface area is 166 Å². The first-order chi connectivity index (χ1) is 13.2. The molecule has 2 unspecified atom stereocenters. The molecule has 2 atom stereocenters. The second-order valence-corrected chi connectivity index (χ2v) is 9.77. The smallest absolute Gasteiger partial charge is 0.254 e. The molecule has 2 heterocycles. The van der Waals surface area contributed by atoms with Crippen LogP contribution in [-0.4, -0.2) is 45.4 Å². The van der Waals surface area contributed by atoms with E-state index in [-0.39, 0.29) is 17.2 Å². The normalized spacial score (nSPS) is 25.9. The second-order valence-electron chi connectivity index (χ2n) is 9.77. The van der Waals surface area contributed by atoms with Gasteiger partial charge in [-0.1, -0.05) is 20.8 Å². The van der Waals surface area contributed by atoms with Crippen LogP contribution in [0, 0.1) is 10.8 Å². The molecule has 6 heteroatoms. The third-order valence-electron chi connectivity index (χ3n) is 6.27. The molecular formula is C22H30N4O2. The van der Waals surface area contributed by atoms with Gasteiger partial charge in [-0.05, 0) is 48.3 Å². The first-order valence-corrected chi connectivity index (χ1v) is 10.2. The molecule has 2 aromatic rings. The highest BCUT2D eigenvalue weighted by Gasteiger charge is 2.51. The Kier molecular flexibility index (Phi) is 4.47. The molecule has 150 valence electrons. The van der Waals surface area contributed by atoms with E-state index in [1.54, 1.807) is 6.33 Å². The minimum atomic E-state index is -0.0370. The van der Waals surface area contributed by atoms with Crippen molar-refractivity contribution in [1.82, 2.24) is 19.8 Å². The SMILES string of the molecule is CC(=O)NCCn1cnc2cc(C(=O)N3CC4(C)CC3CC(C)(C)C4)ccc21. The highest BCUT2D eigenvalue weighted by molar-refractivity contribution is 5.97. The maximum absolute atomic E-state index is 13.3. The standard InChI is InChI=1S/C22H30N4O2/c1-15(27)23-7-8-25-14-24-18-9-16(5-6-19(18)25)20(28)26-13-22(4)11-17(26)10-21(2,3)12-22/h5-6,9,14,17H,7-8,10-13H2,1-4H3,(H,23,27). The molecule has 1 aromatic carbocycles. The van der Waals surface area contributed by atoms with E-state index in [1.807, 2.05) is 22.8 Å². The quantitative estimate of drug-likeness (QED) is 0.883. The zero-order chi connectivity index (χ0) is 20.1. The topological polar surface area (TPSA) is 67.2 Å². The summed E-state index contributed by atoms with van der Waals surface area (Å²) in [5, 5.41) is 2.80. The number of nitrogens with zero attached hydrogens (tertiary/aromatic N) is 3. The minimum absolute atomic E-state index is 0.0370. The van der Waals surface area contributed by atoms with Crippen molar-refractivity contribution in [2.24, 2.45) is 10.8 Å². The summed E-state index contributed by atoms with van der Waals surface area (Å²) in [6, 6.07) is 6.13. The molecule has 0 spiro atoms. The van der Waals surface area contributed by atoms with E-state index in [9.17, 15) is 9.59 Å². The largest absolute Gasteiger partial charge is 0.355 e. The predicted molar refractivity (Wildman–Crippen MR) is 109 cm³/mol. The third kappa shape index (κ3) is 3.52. The van der Waals surface area contributed by atoms with E-state index < -0.39 is 0 Å². The van der Waals surface area contributed by atoms with Crippen LogP contribution in [-0.2, 0) is 11.3 Å². The van der Waals surface area contributed by atoms with Crippen molar-refractivity contribution in [3.63, 3.8) is 0 Å². The van der Waals surface area contributed by atoms with Crippen molar-refractivity contribution in [1.29, 1.82) is 0 Å². The number of amides is 2. The van der Waals surface area contributed by atoms with Gasteiger partial charge in [-0.3, -0.25) is 9.59 Å². The zero-order valence-corrected chi connectivity index (χ0v) is 17.3. The molecule has 1 aromatic heterocycles. The van der Waals surface area contributed by atoms with Crippen LogP contribution in [0.25, 0.3) is 11.0 Å². The summed E-state index contributed by atoms with van der Waals surface area (Å²) in [6.45, 7) is 10.6. The van der Waals surface area contributed by atoms with Crippen molar-refractivity contribution in [2.45, 2.75) is 59.5 Å². The molecule has 1 saturated carbocycles. The van der Waals surface area contributed by atoms with Crippen LogP contribution >= 0.6 is 0 Å². The molecule has 1 saturated heterocycles. The van der Waals surface area contributed by atoms with Gasteiger partial charge in [-0.2, -0.15) is 0 Å². The van der Waals surface area contributed by atoms with Gasteiger partial charge in [0.05, 0.1) is 17.4 Å². The Hall–Kier alpha value is -2.37. The molecule has 4 rings (SSSR count). The number of carbonyl (C=O) groups excluding carboxylic acids is 2. The predicted octanol–water partition coefficient (Wildman–Crippen LogP) is 3.21. The van der Waals surface area contributed by atoms with Crippen molar-refractivity contribution in [3.05, 3.63) is 30.1 Å². The molecule has 2 aliphatic rings. The molecule has 0 radical (unpaired) electrons. The van der Waals surface area contributed by atoms with E-state index >= 15 is 0 Å². The average molecular weight is 383 g/mol. The van der Waals surface area contributed by atoms with Gasteiger partial charge >= 0.3 is 0 Å². The van der Waals surface area contributed by atoms with Gasteiger partial charge in [0.2, 0.25) is 5.91 Å². The van der Waals surface area contributed by atoms with Crippen LogP contribution in [0.2, 0.25) is 0 Å². The highest BCUT2D eigenvalue weighted by Crippen LogP contribution is 2.52. The van der Waals surface area contributed by atoms with Gasteiger partial charge in [0.25, 0.3) is 5.91 Å². The number of nitrogens with one attached hydrogen (secondary N) is 1. The Balaban J connectivity index is 1.53. The summed E-state index contributed by atoms with van der Waals surface area (Å²) in [5.41, 5.74) is 3.05. The van der Waals surface area contributed by atoms with Gasteiger partial charge in [-0.25, -0.2) is 4.98 Å². The van der Waals surface area contributed by atoms with Crippen molar-refractivity contribution < 1.29 is 9.59 Å². The second kappa shape index (κ2) is 6.61. The van der Waals surface area contributed by atoms with E-state index in [0.717, 1.165) is 30.4 Å². The summed E-state index contributed by atoms with van der Waals surface area (Å²) in [5.74, 6) is 0.0890. The summed E-state index contributed by atoms with van der Waals surface area (Å²) < 4.78 is 2.01. The number of rotatable bonds is 4. The van der Waals surface area contributed by atoms with E-state index in [4.69, 9.17) is 0 Å². The molecule has 28 heavy (non-hydrogen) atoms. The molecule has 1 aliphatic carbocycles. The van der Waals surface area contributed by atoms with Crippen LogP contribution in [0.1, 0.15) is 57.3 Å². The van der Waals surface area contributed by atoms with Gasteiger partial charge in [-0.15, -0.1) is 0 Å². The zero-order valence-electron chi connectivity index (χ0n) is 17.3. The lowest BCUT2D eigenvalue weighted by Crippen LogP contribution is -2.37. The summed E-state index contributed by atoms with van der Waals surface area (Å²) >= 11 is 0. The molecule has 2 bridgehead atoms. The maximum Gasteiger partial charge on any atom is 0.254 e. The van der Waals surface area contributed by atoms with Crippen LogP contribution in [0.4, 0.5) is 0 Å². The number of likely N-dealkylation sites (tertiary alicyclic amines) is 1. The van der Waals surface area contributed by atoms with Gasteiger partial charge < -0.3 is 14.8 Å². The van der Waals surface area contributed by atoms with Crippen molar-refractivity contribution in [3.8, 4) is 0 Å². The number of fused-ring (bicyclic) bond motifs is 3. The number of carbonyl (C=O) groups is 2. The first-order valence-electron chi connectivity index (χ1n) is 10.2. The van der Waals surface area contributed by atoms with E-state index in [0.29, 0.717) is 30.1 Å². The molecule has 1 N–H and O–H groups in total. The molecule has 2 fully saturated rings. The van der Waals surface area contributed by atoms with Gasteiger partial charge in [0, 0.05) is 38.2 Å². The molecular weight excluding hydrogens is 352 g/mol. The van der Waals surface area contributed by atoms with Crippen molar-refractivity contribution >= 4 is 22.8 Å². The Morgan fingerprint density at radius 3 is 2.79 bits per heavy atom. The molecule has 2 amide bonds. The van der Waals surface area contributed by atoms with Crippen LogP contribution in [0.15, 0.2) is 24.5 Å². The number of imidazole rings is 1. The van der Waals surface area contributed by atoms with Gasteiger partial charge in [0.15, 0.2) is 0 Å². The van der Waals surface area contributed by atoms with Gasteiger partial charge in [0.1, 0.15) is 0 Å². The number of benzene rings is 1. The van der Waals surface area contributed by atoms with Crippen LogP contribution in [0.3, 0.4) is 0 Å². The maximum atomic E-state index is 13.3. The van der Waals surface area contributed by atoms with Crippen molar-refractivity contribution in [2.75, 3.05) is 13.1 Å². The fraction of sp³-hybridized carbons (Fsp3) is 0.591. The number of hydrogen-bond donors (Lipinski definition) is 1. The minimum Gasteiger partial charge on any atom is -0.355 e. The highest BCUT2D eigenvalue weighted by atomic mass is 16.2. The number of hydrogen-bond acceptors (Lipinski definition) is 3. The Bertz CT molecular complexity index is 932. The summed E-state index contributed by atoms with van der Waals surface area (Å²) in [7, 11) is 0. The molecule has 6 nitrogen and oxygen atoms in total. The Morgan fingerprint density at radius 1 is 1.25 bits per heavy atom. The van der Waals surface area contributed by atoms with E-state index in [2.05, 4.69) is 36.0 Å². The lowest BCUT2D eigenvalue weighted by atomic mass is 9.65. The lowest BCUT2D eigenvalue weighted by molar-refractivity contribution is -0.118. The van der Waals surface area contributed by atoms with Crippen LogP contribution < -0.4 is 5.32 Å². The van der Waals surface area contributed by atoms with E-state index in [1.165, 1.54) is 13.3 Å². The lowest BCUT2D eigenvalue weighted by Gasteiger charge is -2.39. The average Bonchev–Trinajstić information content (AvgIpc) is 3.10. The van der Waals surface area contributed by atoms with Crippen LogP contribution in [0.5, 0.6) is 0 Å². The Morgan fingerprint density at radius 2 is 2.04 bits per heavy atom. The summed E-state index contributed by atoms with van der Waals surface area (Å²) in [6.07, 6.45) is 5.14. The fourth-order valence-corrected chi connectivity index (χ4v) is 5.59. The first kappa shape index (κ1) is 19.0. The third-order valence-corrected chi connectivity index (χ3v) is 6.27. The fourth-order valence-electron chi connectivity index (χ4n) is 5.59. The monoisotopic (exact) mass is 382 g/mol.